The van der Waals surface area contributed by atoms with Gasteiger partial charge in [0.05, 0.1) is 11.0 Å². The van der Waals surface area contributed by atoms with Crippen molar-refractivity contribution in [3.05, 3.63) is 34.1 Å². The van der Waals surface area contributed by atoms with Gasteiger partial charge in [0.2, 0.25) is 5.75 Å². The van der Waals surface area contributed by atoms with Crippen molar-refractivity contribution in [2.45, 2.75) is 50.7 Å². The summed E-state index contributed by atoms with van der Waals surface area (Å²) in [5.41, 5.74) is -0.712. The van der Waals surface area contributed by atoms with E-state index < -0.39 is 16.8 Å². The first kappa shape index (κ1) is 14.3. The van der Waals surface area contributed by atoms with Crippen LogP contribution in [0.25, 0.3) is 0 Å². The molecule has 2 atom stereocenters. The maximum Gasteiger partial charge on any atom is 0.314 e. The van der Waals surface area contributed by atoms with E-state index >= 15 is 0 Å². The lowest BCUT2D eigenvalue weighted by atomic mass is 9.56. The van der Waals surface area contributed by atoms with E-state index in [0.717, 1.165) is 38.2 Å². The molecular formula is C15H18FNO4. The summed E-state index contributed by atoms with van der Waals surface area (Å²) in [5, 5.41) is 21.1. The van der Waals surface area contributed by atoms with Crippen molar-refractivity contribution in [2.24, 2.45) is 5.41 Å². The van der Waals surface area contributed by atoms with Crippen LogP contribution in [0.4, 0.5) is 10.1 Å². The Bertz CT molecular complexity index is 557. The van der Waals surface area contributed by atoms with Crippen molar-refractivity contribution < 1.29 is 19.2 Å². The number of rotatable bonds is 3. The van der Waals surface area contributed by atoms with Crippen LogP contribution in [0.1, 0.15) is 38.5 Å². The lowest BCUT2D eigenvalue weighted by molar-refractivity contribution is -0.386. The van der Waals surface area contributed by atoms with Crippen LogP contribution in [-0.4, -0.2) is 22.2 Å². The van der Waals surface area contributed by atoms with Gasteiger partial charge in [-0.1, -0.05) is 25.3 Å². The van der Waals surface area contributed by atoms with Crippen LogP contribution < -0.4 is 4.74 Å². The first-order valence-electron chi connectivity index (χ1n) is 7.32. The SMILES string of the molecule is O=[N+]([O-])c1cccc(F)c1OC1CC(O)C12CCCCC2. The van der Waals surface area contributed by atoms with Crippen LogP contribution in [0.15, 0.2) is 18.2 Å². The molecule has 5 nitrogen and oxygen atoms in total. The number of halogens is 1. The van der Waals surface area contributed by atoms with Gasteiger partial charge in [-0.3, -0.25) is 10.1 Å². The molecule has 2 unspecified atom stereocenters. The first-order chi connectivity index (χ1) is 10.0. The predicted molar refractivity (Wildman–Crippen MR) is 73.6 cm³/mol. The minimum absolute atomic E-state index is 0.302. The molecule has 0 radical (unpaired) electrons. The third-order valence-corrected chi connectivity index (χ3v) is 4.93. The van der Waals surface area contributed by atoms with Gasteiger partial charge >= 0.3 is 5.69 Å². The molecule has 1 aromatic rings. The van der Waals surface area contributed by atoms with Crippen molar-refractivity contribution in [2.75, 3.05) is 0 Å². The van der Waals surface area contributed by atoms with Gasteiger partial charge < -0.3 is 9.84 Å². The zero-order chi connectivity index (χ0) is 15.0. The molecule has 3 rings (SSSR count). The van der Waals surface area contributed by atoms with Crippen LogP contribution in [0.2, 0.25) is 0 Å². The second-order valence-electron chi connectivity index (χ2n) is 6.00. The highest BCUT2D eigenvalue weighted by molar-refractivity contribution is 5.47. The molecule has 0 heterocycles. The Morgan fingerprint density at radius 3 is 2.67 bits per heavy atom. The van der Waals surface area contributed by atoms with E-state index in [-0.39, 0.29) is 23.0 Å². The molecule has 21 heavy (non-hydrogen) atoms. The Hall–Kier alpha value is -1.69. The van der Waals surface area contributed by atoms with Crippen LogP contribution >= 0.6 is 0 Å². The lowest BCUT2D eigenvalue weighted by Gasteiger charge is -2.54. The molecule has 0 amide bonds. The molecule has 1 aromatic carbocycles. The maximum absolute atomic E-state index is 13.9. The van der Waals surface area contributed by atoms with Gasteiger partial charge in [0.25, 0.3) is 0 Å². The molecule has 2 aliphatic carbocycles. The second-order valence-corrected chi connectivity index (χ2v) is 6.00. The monoisotopic (exact) mass is 295 g/mol. The number of nitro benzene ring substituents is 1. The molecule has 2 fully saturated rings. The molecule has 114 valence electrons. The average Bonchev–Trinajstić information content (AvgIpc) is 2.49. The fourth-order valence-electron chi connectivity index (χ4n) is 3.66. The second kappa shape index (κ2) is 5.26. The van der Waals surface area contributed by atoms with E-state index in [1.165, 1.54) is 12.1 Å². The maximum atomic E-state index is 13.9. The molecular weight excluding hydrogens is 277 g/mol. The zero-order valence-corrected chi connectivity index (χ0v) is 11.6. The van der Waals surface area contributed by atoms with Crippen LogP contribution in [0.3, 0.4) is 0 Å². The van der Waals surface area contributed by atoms with Crippen LogP contribution in [0, 0.1) is 21.3 Å². The summed E-state index contributed by atoms with van der Waals surface area (Å²) in [7, 11) is 0. The van der Waals surface area contributed by atoms with Gasteiger partial charge in [-0.15, -0.1) is 0 Å². The third-order valence-electron chi connectivity index (χ3n) is 4.93. The summed E-state index contributed by atoms with van der Waals surface area (Å²) < 4.78 is 19.6. The normalized spacial score (nSPS) is 27.1. The van der Waals surface area contributed by atoms with E-state index in [0.29, 0.717) is 6.42 Å². The number of aliphatic hydroxyl groups excluding tert-OH is 1. The van der Waals surface area contributed by atoms with Crippen molar-refractivity contribution in [1.29, 1.82) is 0 Å². The third kappa shape index (κ3) is 2.27. The minimum Gasteiger partial charge on any atom is -0.481 e. The quantitative estimate of drug-likeness (QED) is 0.686. The number of hydrogen-bond donors (Lipinski definition) is 1. The van der Waals surface area contributed by atoms with Crippen LogP contribution in [0.5, 0.6) is 5.75 Å². The van der Waals surface area contributed by atoms with Crippen molar-refractivity contribution in [3.8, 4) is 5.75 Å². The van der Waals surface area contributed by atoms with Gasteiger partial charge in [-0.05, 0) is 18.9 Å². The van der Waals surface area contributed by atoms with Crippen molar-refractivity contribution in [3.63, 3.8) is 0 Å². The summed E-state index contributed by atoms with van der Waals surface area (Å²) >= 11 is 0. The number of para-hydroxylation sites is 1. The summed E-state index contributed by atoms with van der Waals surface area (Å²) in [4.78, 5) is 10.4. The molecule has 0 bridgehead atoms. The Labute approximate surface area is 121 Å². The van der Waals surface area contributed by atoms with E-state index in [1.54, 1.807) is 0 Å². The molecule has 2 saturated carbocycles. The Kier molecular flexibility index (Phi) is 3.57. The number of aliphatic hydroxyl groups is 1. The van der Waals surface area contributed by atoms with Gasteiger partial charge in [-0.25, -0.2) is 4.39 Å². The summed E-state index contributed by atoms with van der Waals surface area (Å²) in [6.45, 7) is 0. The number of benzene rings is 1. The first-order valence-corrected chi connectivity index (χ1v) is 7.32. The van der Waals surface area contributed by atoms with Crippen molar-refractivity contribution >= 4 is 5.69 Å². The van der Waals surface area contributed by atoms with Gasteiger partial charge in [-0.2, -0.15) is 0 Å². The number of nitro groups is 1. The fraction of sp³-hybridized carbons (Fsp3) is 0.600. The van der Waals surface area contributed by atoms with Gasteiger partial charge in [0.15, 0.2) is 5.82 Å². The number of nitrogens with zero attached hydrogens (tertiary/aromatic N) is 1. The number of hydrogen-bond acceptors (Lipinski definition) is 4. The molecule has 0 aliphatic heterocycles. The van der Waals surface area contributed by atoms with E-state index in [4.69, 9.17) is 4.74 Å². The zero-order valence-electron chi connectivity index (χ0n) is 11.6. The summed E-state index contributed by atoms with van der Waals surface area (Å²) in [6.07, 6.45) is 4.43. The highest BCUT2D eigenvalue weighted by atomic mass is 19.1. The fourth-order valence-corrected chi connectivity index (χ4v) is 3.66. The van der Waals surface area contributed by atoms with E-state index in [1.807, 2.05) is 0 Å². The van der Waals surface area contributed by atoms with Gasteiger partial charge in [0.1, 0.15) is 6.10 Å². The molecule has 6 heteroatoms. The number of ether oxygens (including phenoxy) is 1. The van der Waals surface area contributed by atoms with Gasteiger partial charge in [0, 0.05) is 17.9 Å². The Morgan fingerprint density at radius 1 is 1.33 bits per heavy atom. The van der Waals surface area contributed by atoms with E-state index in [2.05, 4.69) is 0 Å². The summed E-state index contributed by atoms with van der Waals surface area (Å²) in [6, 6.07) is 3.69. The largest absolute Gasteiger partial charge is 0.481 e. The topological polar surface area (TPSA) is 72.6 Å². The lowest BCUT2D eigenvalue weighted by Crippen LogP contribution is -2.60. The minimum atomic E-state index is -0.725. The molecule has 1 N–H and O–H groups in total. The standard InChI is InChI=1S/C15H18FNO4/c16-10-5-4-6-11(17(19)20)14(10)21-13-9-12(18)15(13)7-2-1-3-8-15/h4-6,12-13,18H,1-3,7-9H2. The molecule has 0 aromatic heterocycles. The highest BCUT2D eigenvalue weighted by Gasteiger charge is 2.56. The Morgan fingerprint density at radius 2 is 2.05 bits per heavy atom. The predicted octanol–water partition coefficient (Wildman–Crippen LogP) is 3.20. The Balaban J connectivity index is 1.86. The molecule has 2 aliphatic rings. The average molecular weight is 295 g/mol. The molecule has 1 spiro atoms. The highest BCUT2D eigenvalue weighted by Crippen LogP contribution is 2.53. The van der Waals surface area contributed by atoms with Crippen LogP contribution in [-0.2, 0) is 0 Å². The van der Waals surface area contributed by atoms with Crippen molar-refractivity contribution in [1.82, 2.24) is 0 Å². The van der Waals surface area contributed by atoms with E-state index in [9.17, 15) is 19.6 Å². The molecule has 0 saturated heterocycles. The smallest absolute Gasteiger partial charge is 0.314 e. The summed E-state index contributed by atoms with van der Waals surface area (Å²) in [5.74, 6) is -1.03.